The van der Waals surface area contributed by atoms with Crippen LogP contribution in [0.15, 0.2) is 24.5 Å². The predicted molar refractivity (Wildman–Crippen MR) is 55.4 cm³/mol. The molecular weight excluding hydrogens is 164 g/mol. The highest BCUT2D eigenvalue weighted by Gasteiger charge is 2.26. The van der Waals surface area contributed by atoms with Crippen LogP contribution in [0.2, 0.25) is 0 Å². The van der Waals surface area contributed by atoms with Gasteiger partial charge < -0.3 is 9.84 Å². The van der Waals surface area contributed by atoms with Crippen LogP contribution in [-0.4, -0.2) is 17.8 Å². The van der Waals surface area contributed by atoms with Gasteiger partial charge in [0.05, 0.1) is 6.61 Å². The Morgan fingerprint density at radius 2 is 2.08 bits per heavy atom. The molecule has 76 valence electrons. The summed E-state index contributed by atoms with van der Waals surface area (Å²) in [6, 6.07) is 0. The molecule has 2 nitrogen and oxygen atoms in total. The van der Waals surface area contributed by atoms with Gasteiger partial charge in [-0.3, -0.25) is 0 Å². The number of rotatable bonds is 4. The van der Waals surface area contributed by atoms with Gasteiger partial charge >= 0.3 is 0 Å². The third kappa shape index (κ3) is 4.13. The molecule has 1 unspecified atom stereocenters. The van der Waals surface area contributed by atoms with Crippen LogP contribution in [0.25, 0.3) is 0 Å². The molecule has 0 aromatic carbocycles. The van der Waals surface area contributed by atoms with Crippen LogP contribution in [0.5, 0.6) is 0 Å². The topological polar surface area (TPSA) is 29.5 Å². The monoisotopic (exact) mass is 184 g/mol. The zero-order valence-corrected chi connectivity index (χ0v) is 9.00. The highest BCUT2D eigenvalue weighted by molar-refractivity contribution is 5.11. The fourth-order valence-electron chi connectivity index (χ4n) is 0.928. The first-order chi connectivity index (χ1) is 5.93. The van der Waals surface area contributed by atoms with Gasteiger partial charge in [0.2, 0.25) is 0 Å². The molecule has 0 aliphatic rings. The van der Waals surface area contributed by atoms with E-state index in [1.165, 1.54) is 0 Å². The van der Waals surface area contributed by atoms with Crippen LogP contribution < -0.4 is 0 Å². The van der Waals surface area contributed by atoms with Crippen molar-refractivity contribution in [3.63, 3.8) is 0 Å². The summed E-state index contributed by atoms with van der Waals surface area (Å²) in [5, 5.41) is 9.87. The second-order valence-electron chi connectivity index (χ2n) is 4.01. The molecule has 0 saturated carbocycles. The lowest BCUT2D eigenvalue weighted by Gasteiger charge is -2.27. The Balaban J connectivity index is 4.55. The maximum atomic E-state index is 9.87. The number of hydrogen-bond donors (Lipinski definition) is 1. The fraction of sp³-hybridized carbons (Fsp3) is 0.636. The summed E-state index contributed by atoms with van der Waals surface area (Å²) in [5.74, 6) is 0.588. The second kappa shape index (κ2) is 5.07. The summed E-state index contributed by atoms with van der Waals surface area (Å²) in [4.78, 5) is 0. The van der Waals surface area contributed by atoms with Gasteiger partial charge in [-0.15, -0.1) is 0 Å². The Kier molecular flexibility index (Phi) is 4.78. The number of aliphatic hydroxyl groups is 1. The van der Waals surface area contributed by atoms with Crippen LogP contribution in [0.4, 0.5) is 0 Å². The van der Waals surface area contributed by atoms with E-state index in [0.29, 0.717) is 12.4 Å². The van der Waals surface area contributed by atoms with Gasteiger partial charge in [-0.05, 0) is 18.4 Å². The Bertz CT molecular complexity index is 187. The lowest BCUT2D eigenvalue weighted by molar-refractivity contribution is 0.0348. The molecule has 1 N–H and O–H groups in total. The lowest BCUT2D eigenvalue weighted by atomic mass is 9.88. The van der Waals surface area contributed by atoms with E-state index in [1.807, 2.05) is 27.7 Å². The molecule has 0 aliphatic carbocycles. The largest absolute Gasteiger partial charge is 0.495 e. The Labute approximate surface area is 80.9 Å². The van der Waals surface area contributed by atoms with Gasteiger partial charge in [0.15, 0.2) is 0 Å². The third-order valence-electron chi connectivity index (χ3n) is 1.68. The summed E-state index contributed by atoms with van der Waals surface area (Å²) in [6.07, 6.45) is 2.75. The minimum absolute atomic E-state index is 0.204. The minimum atomic E-state index is -0.578. The average molecular weight is 184 g/mol. The van der Waals surface area contributed by atoms with E-state index in [0.717, 1.165) is 0 Å². The first-order valence-corrected chi connectivity index (χ1v) is 4.57. The molecule has 0 aromatic heterocycles. The number of aliphatic hydroxyl groups excluding tert-OH is 1. The Morgan fingerprint density at radius 3 is 2.38 bits per heavy atom. The van der Waals surface area contributed by atoms with Crippen LogP contribution in [0.1, 0.15) is 27.7 Å². The van der Waals surface area contributed by atoms with E-state index in [1.54, 1.807) is 12.2 Å². The van der Waals surface area contributed by atoms with Gasteiger partial charge in [-0.1, -0.05) is 33.4 Å². The van der Waals surface area contributed by atoms with E-state index in [2.05, 4.69) is 6.58 Å². The molecule has 0 aliphatic heterocycles. The predicted octanol–water partition coefficient (Wildman–Crippen LogP) is 2.50. The molecule has 0 saturated heterocycles. The quantitative estimate of drug-likeness (QED) is 0.537. The zero-order valence-electron chi connectivity index (χ0n) is 9.00. The van der Waals surface area contributed by atoms with Gasteiger partial charge in [0, 0.05) is 0 Å². The minimum Gasteiger partial charge on any atom is -0.495 e. The van der Waals surface area contributed by atoms with Crippen molar-refractivity contribution in [3.05, 3.63) is 24.5 Å². The number of allylic oxidation sites excluding steroid dienone is 2. The summed E-state index contributed by atoms with van der Waals surface area (Å²) in [7, 11) is 0. The van der Waals surface area contributed by atoms with E-state index in [9.17, 15) is 5.11 Å². The van der Waals surface area contributed by atoms with Gasteiger partial charge in [0.1, 0.15) is 11.9 Å². The van der Waals surface area contributed by atoms with Crippen molar-refractivity contribution in [1.29, 1.82) is 0 Å². The molecule has 0 spiro atoms. The molecule has 0 fully saturated rings. The van der Waals surface area contributed by atoms with Crippen molar-refractivity contribution >= 4 is 0 Å². The average Bonchev–Trinajstić information content (AvgIpc) is 2.01. The first kappa shape index (κ1) is 12.2. The van der Waals surface area contributed by atoms with Crippen LogP contribution >= 0.6 is 0 Å². The maximum Gasteiger partial charge on any atom is 0.125 e. The molecule has 0 radical (unpaired) electrons. The molecular formula is C11H20O2. The molecule has 0 bridgehead atoms. The normalized spacial score (nSPS) is 15.3. The Hall–Kier alpha value is -0.760. The summed E-state index contributed by atoms with van der Waals surface area (Å²) >= 11 is 0. The van der Waals surface area contributed by atoms with Crippen molar-refractivity contribution < 1.29 is 9.84 Å². The van der Waals surface area contributed by atoms with Gasteiger partial charge in [0.25, 0.3) is 0 Å². The summed E-state index contributed by atoms with van der Waals surface area (Å²) in [5.41, 5.74) is -0.204. The van der Waals surface area contributed by atoms with E-state index in [-0.39, 0.29) is 5.41 Å². The van der Waals surface area contributed by atoms with E-state index < -0.39 is 6.10 Å². The lowest BCUT2D eigenvalue weighted by Crippen LogP contribution is -2.29. The molecule has 13 heavy (non-hydrogen) atoms. The highest BCUT2D eigenvalue weighted by atomic mass is 16.5. The maximum absolute atomic E-state index is 9.87. The molecule has 0 aromatic rings. The second-order valence-corrected chi connectivity index (χ2v) is 4.01. The van der Waals surface area contributed by atoms with E-state index in [4.69, 9.17) is 4.74 Å². The van der Waals surface area contributed by atoms with Gasteiger partial charge in [-0.2, -0.15) is 0 Å². The van der Waals surface area contributed by atoms with Crippen molar-refractivity contribution in [2.75, 3.05) is 6.61 Å². The molecule has 0 rings (SSSR count). The molecule has 2 heteroatoms. The van der Waals surface area contributed by atoms with Crippen LogP contribution in [0.3, 0.4) is 0 Å². The molecule has 0 amide bonds. The third-order valence-corrected chi connectivity index (χ3v) is 1.68. The van der Waals surface area contributed by atoms with Crippen molar-refractivity contribution in [3.8, 4) is 0 Å². The number of hydrogen-bond acceptors (Lipinski definition) is 2. The zero-order chi connectivity index (χ0) is 10.5. The van der Waals surface area contributed by atoms with Crippen molar-refractivity contribution in [2.45, 2.75) is 33.8 Å². The standard InChI is InChI=1S/C11H20O2/c1-6-8-9(13-7-2)10(12)11(3,4)5/h6,8,10,12H,1,7H2,2-5H3/b9-8-. The van der Waals surface area contributed by atoms with Crippen LogP contribution in [-0.2, 0) is 4.74 Å². The highest BCUT2D eigenvalue weighted by Crippen LogP contribution is 2.25. The van der Waals surface area contributed by atoms with Gasteiger partial charge in [-0.25, -0.2) is 0 Å². The summed E-state index contributed by atoms with van der Waals surface area (Å²) < 4.78 is 5.31. The number of ether oxygens (including phenoxy) is 1. The summed E-state index contributed by atoms with van der Waals surface area (Å²) in [6.45, 7) is 11.9. The SMILES string of the molecule is C=C/C=C(\OCC)C(O)C(C)(C)C. The van der Waals surface area contributed by atoms with Crippen LogP contribution in [0, 0.1) is 5.41 Å². The van der Waals surface area contributed by atoms with Crippen molar-refractivity contribution in [1.82, 2.24) is 0 Å². The fourth-order valence-corrected chi connectivity index (χ4v) is 0.928. The van der Waals surface area contributed by atoms with E-state index >= 15 is 0 Å². The Morgan fingerprint density at radius 1 is 1.54 bits per heavy atom. The van der Waals surface area contributed by atoms with Crippen molar-refractivity contribution in [2.24, 2.45) is 5.41 Å². The smallest absolute Gasteiger partial charge is 0.125 e. The molecule has 1 atom stereocenters. The molecule has 0 heterocycles. The first-order valence-electron chi connectivity index (χ1n) is 4.57.